The van der Waals surface area contributed by atoms with Crippen molar-refractivity contribution in [2.75, 3.05) is 19.6 Å². The Morgan fingerprint density at radius 2 is 0.933 bits per heavy atom. The molecular weight excluding hydrogens is 362 g/mol. The molecular formula is C29H52N+. The summed E-state index contributed by atoms with van der Waals surface area (Å²) >= 11 is 0. The zero-order valence-electron chi connectivity index (χ0n) is 20.4. The molecule has 172 valence electrons. The molecule has 1 nitrogen and oxygen atoms in total. The Labute approximate surface area is 189 Å². The standard InChI is InChI=1S/C29H52N/c1-2-3-4-5-6-7-8-9-10-11-12-13-14-15-16-17-21-26-30(27-22-23-28-30)29-24-19-18-20-25-29/h18-20,24-25H,2-17,21-23,26-28H2,1H3/q+1. The molecule has 1 heteroatoms. The average molecular weight is 415 g/mol. The molecule has 1 heterocycles. The number of quaternary nitrogens is 1. The van der Waals surface area contributed by atoms with Crippen LogP contribution in [0.25, 0.3) is 0 Å². The van der Waals surface area contributed by atoms with E-state index in [-0.39, 0.29) is 0 Å². The maximum atomic E-state index is 2.36. The minimum atomic E-state index is 1.26. The molecule has 1 aliphatic heterocycles. The lowest BCUT2D eigenvalue weighted by atomic mass is 10.0. The lowest BCUT2D eigenvalue weighted by Crippen LogP contribution is -2.47. The van der Waals surface area contributed by atoms with E-state index in [1.807, 2.05) is 0 Å². The smallest absolute Gasteiger partial charge is 0.132 e. The van der Waals surface area contributed by atoms with Crippen molar-refractivity contribution in [2.45, 2.75) is 129 Å². The van der Waals surface area contributed by atoms with Gasteiger partial charge in [0.2, 0.25) is 0 Å². The first kappa shape index (κ1) is 25.4. The number of nitrogens with zero attached hydrogens (tertiary/aromatic N) is 1. The van der Waals surface area contributed by atoms with E-state index in [0.29, 0.717) is 0 Å². The first-order valence-corrected chi connectivity index (χ1v) is 13.8. The van der Waals surface area contributed by atoms with Crippen LogP contribution in [0.3, 0.4) is 0 Å². The normalized spacial score (nSPS) is 15.6. The van der Waals surface area contributed by atoms with Gasteiger partial charge in [-0.1, -0.05) is 121 Å². The Bertz CT molecular complexity index is 488. The van der Waals surface area contributed by atoms with E-state index < -0.39 is 0 Å². The van der Waals surface area contributed by atoms with Crippen molar-refractivity contribution in [1.29, 1.82) is 0 Å². The van der Waals surface area contributed by atoms with Crippen LogP contribution in [0.4, 0.5) is 5.69 Å². The third kappa shape index (κ3) is 10.5. The highest BCUT2D eigenvalue weighted by molar-refractivity contribution is 5.43. The van der Waals surface area contributed by atoms with E-state index in [1.54, 1.807) is 5.69 Å². The molecule has 0 radical (unpaired) electrons. The van der Waals surface area contributed by atoms with Gasteiger partial charge in [0.05, 0.1) is 19.6 Å². The van der Waals surface area contributed by atoms with E-state index in [9.17, 15) is 0 Å². The number of benzene rings is 1. The van der Waals surface area contributed by atoms with Crippen LogP contribution >= 0.6 is 0 Å². The summed E-state index contributed by atoms with van der Waals surface area (Å²) in [6.45, 7) is 6.39. The number of para-hydroxylation sites is 1. The largest absolute Gasteiger partial charge is 0.291 e. The molecule has 0 unspecified atom stereocenters. The summed E-state index contributed by atoms with van der Waals surface area (Å²) in [5.41, 5.74) is 1.56. The predicted octanol–water partition coefficient (Wildman–Crippen LogP) is 9.44. The van der Waals surface area contributed by atoms with Gasteiger partial charge in [-0.25, -0.2) is 0 Å². The van der Waals surface area contributed by atoms with Gasteiger partial charge in [0, 0.05) is 12.8 Å². The molecule has 1 aliphatic rings. The molecule has 0 N–H and O–H groups in total. The van der Waals surface area contributed by atoms with Gasteiger partial charge in [-0.05, 0) is 25.0 Å². The lowest BCUT2D eigenvalue weighted by Gasteiger charge is -2.34. The highest BCUT2D eigenvalue weighted by Gasteiger charge is 2.33. The van der Waals surface area contributed by atoms with Crippen LogP contribution in [0, 0.1) is 0 Å². The van der Waals surface area contributed by atoms with Gasteiger partial charge in [0.1, 0.15) is 5.69 Å². The summed E-state index contributed by atoms with van der Waals surface area (Å²) in [4.78, 5) is 0. The Balaban J connectivity index is 1.37. The summed E-state index contributed by atoms with van der Waals surface area (Å²) in [5, 5.41) is 0. The van der Waals surface area contributed by atoms with Gasteiger partial charge in [0.15, 0.2) is 0 Å². The van der Waals surface area contributed by atoms with Gasteiger partial charge in [0.25, 0.3) is 0 Å². The highest BCUT2D eigenvalue weighted by atomic mass is 15.4. The van der Waals surface area contributed by atoms with Crippen molar-refractivity contribution < 1.29 is 0 Å². The van der Waals surface area contributed by atoms with E-state index in [4.69, 9.17) is 0 Å². The first-order valence-electron chi connectivity index (χ1n) is 13.8. The summed E-state index contributed by atoms with van der Waals surface area (Å²) in [6.07, 6.45) is 27.6. The second kappa shape index (κ2) is 16.8. The maximum Gasteiger partial charge on any atom is 0.132 e. The molecule has 1 aromatic rings. The maximum absolute atomic E-state index is 2.36. The molecule has 0 spiro atoms. The van der Waals surface area contributed by atoms with E-state index in [0.717, 1.165) is 0 Å². The summed E-state index contributed by atoms with van der Waals surface area (Å²) in [7, 11) is 0. The SMILES string of the molecule is CCCCCCCCCCCCCCCCCCC[N+]1(c2ccccc2)CCCC1. The van der Waals surface area contributed by atoms with Gasteiger partial charge >= 0.3 is 0 Å². The fourth-order valence-corrected chi connectivity index (χ4v) is 5.44. The zero-order valence-corrected chi connectivity index (χ0v) is 20.4. The first-order chi connectivity index (χ1) is 14.9. The third-order valence-corrected chi connectivity index (χ3v) is 7.42. The van der Waals surface area contributed by atoms with Crippen molar-refractivity contribution in [3.63, 3.8) is 0 Å². The van der Waals surface area contributed by atoms with Gasteiger partial charge in [-0.2, -0.15) is 0 Å². The van der Waals surface area contributed by atoms with Crippen LogP contribution in [0.5, 0.6) is 0 Å². The van der Waals surface area contributed by atoms with Crippen molar-refractivity contribution in [3.8, 4) is 0 Å². The third-order valence-electron chi connectivity index (χ3n) is 7.42. The molecule has 2 rings (SSSR count). The zero-order chi connectivity index (χ0) is 21.2. The quantitative estimate of drug-likeness (QED) is 0.156. The van der Waals surface area contributed by atoms with Gasteiger partial charge in [-0.3, -0.25) is 4.48 Å². The van der Waals surface area contributed by atoms with E-state index in [2.05, 4.69) is 37.3 Å². The highest BCUT2D eigenvalue weighted by Crippen LogP contribution is 2.30. The van der Waals surface area contributed by atoms with Crippen LogP contribution < -0.4 is 4.48 Å². The fraction of sp³-hybridized carbons (Fsp3) is 0.793. The number of unbranched alkanes of at least 4 members (excludes halogenated alkanes) is 16. The Morgan fingerprint density at radius 1 is 0.533 bits per heavy atom. The summed E-state index contributed by atoms with van der Waals surface area (Å²) < 4.78 is 1.26. The molecule has 0 amide bonds. The summed E-state index contributed by atoms with van der Waals surface area (Å²) in [6, 6.07) is 11.3. The number of likely N-dealkylation sites (tertiary alicyclic amines) is 1. The number of hydrogen-bond donors (Lipinski definition) is 0. The Morgan fingerprint density at radius 3 is 1.37 bits per heavy atom. The minimum Gasteiger partial charge on any atom is -0.291 e. The van der Waals surface area contributed by atoms with Crippen LogP contribution in [0.15, 0.2) is 30.3 Å². The second-order valence-electron chi connectivity index (χ2n) is 10.0. The summed E-state index contributed by atoms with van der Waals surface area (Å²) in [5.74, 6) is 0. The molecule has 0 bridgehead atoms. The minimum absolute atomic E-state index is 1.26. The molecule has 1 saturated heterocycles. The number of hydrogen-bond acceptors (Lipinski definition) is 0. The van der Waals surface area contributed by atoms with Gasteiger partial charge in [-0.15, -0.1) is 0 Å². The average Bonchev–Trinajstić information content (AvgIpc) is 3.27. The van der Waals surface area contributed by atoms with Crippen LogP contribution in [-0.4, -0.2) is 19.6 Å². The molecule has 0 aliphatic carbocycles. The molecule has 0 saturated carbocycles. The molecule has 1 aromatic carbocycles. The lowest BCUT2D eigenvalue weighted by molar-refractivity contribution is 0.322. The topological polar surface area (TPSA) is 0 Å². The van der Waals surface area contributed by atoms with Crippen LogP contribution in [-0.2, 0) is 0 Å². The van der Waals surface area contributed by atoms with Crippen LogP contribution in [0.2, 0.25) is 0 Å². The van der Waals surface area contributed by atoms with E-state index >= 15 is 0 Å². The number of rotatable bonds is 19. The van der Waals surface area contributed by atoms with Crippen molar-refractivity contribution >= 4 is 5.69 Å². The van der Waals surface area contributed by atoms with Gasteiger partial charge < -0.3 is 0 Å². The Kier molecular flexibility index (Phi) is 14.3. The molecule has 0 aromatic heterocycles. The second-order valence-corrected chi connectivity index (χ2v) is 10.0. The monoisotopic (exact) mass is 414 g/mol. The van der Waals surface area contributed by atoms with Crippen LogP contribution in [0.1, 0.15) is 129 Å². The Hall–Kier alpha value is -0.820. The van der Waals surface area contributed by atoms with Crippen molar-refractivity contribution in [1.82, 2.24) is 4.48 Å². The van der Waals surface area contributed by atoms with Crippen molar-refractivity contribution in [2.24, 2.45) is 0 Å². The molecule has 30 heavy (non-hydrogen) atoms. The molecule has 1 fully saturated rings. The van der Waals surface area contributed by atoms with E-state index in [1.165, 1.54) is 146 Å². The molecule has 0 atom stereocenters. The fourth-order valence-electron chi connectivity index (χ4n) is 5.44. The predicted molar refractivity (Wildman–Crippen MR) is 136 cm³/mol. The van der Waals surface area contributed by atoms with Crippen molar-refractivity contribution in [3.05, 3.63) is 30.3 Å².